The Balaban J connectivity index is 1.47. The fourth-order valence-electron chi connectivity index (χ4n) is 3.63. The number of benzene rings is 2. The average molecular weight is 581 g/mol. The first kappa shape index (κ1) is 34.6. The standard InChI is InChI=1S/C31H48O10/c1-4-12-33-14-15-35-20-24-39-29-10-6-8-27(3)31(29)41-25-22-37-19-17-34-16-18-36-21-23-38-28-9-5-7-26(2)30(28)40-13-11-32/h5-10,32H,4,11-25H2,1-3H3. The van der Waals surface area contributed by atoms with Gasteiger partial charge in [-0.25, -0.2) is 0 Å². The van der Waals surface area contributed by atoms with E-state index in [9.17, 15) is 0 Å². The third-order valence-corrected chi connectivity index (χ3v) is 5.60. The largest absolute Gasteiger partial charge is 0.487 e. The number of para-hydroxylation sites is 2. The van der Waals surface area contributed by atoms with Gasteiger partial charge in [-0.05, 0) is 43.5 Å². The van der Waals surface area contributed by atoms with Gasteiger partial charge in [-0.3, -0.25) is 0 Å². The molecular formula is C31H48O10. The number of aliphatic hydroxyl groups excluding tert-OH is 1. The van der Waals surface area contributed by atoms with E-state index in [-0.39, 0.29) is 13.2 Å². The smallest absolute Gasteiger partial charge is 0.164 e. The van der Waals surface area contributed by atoms with Crippen LogP contribution in [0.4, 0.5) is 0 Å². The fourth-order valence-corrected chi connectivity index (χ4v) is 3.63. The Hall–Kier alpha value is -2.60. The molecule has 0 atom stereocenters. The Morgan fingerprint density at radius 1 is 0.463 bits per heavy atom. The van der Waals surface area contributed by atoms with Crippen molar-refractivity contribution in [2.45, 2.75) is 27.2 Å². The van der Waals surface area contributed by atoms with E-state index in [1.54, 1.807) is 0 Å². The number of hydrogen-bond donors (Lipinski definition) is 1. The van der Waals surface area contributed by atoms with Crippen molar-refractivity contribution >= 4 is 0 Å². The van der Waals surface area contributed by atoms with Gasteiger partial charge >= 0.3 is 0 Å². The van der Waals surface area contributed by atoms with Crippen molar-refractivity contribution in [3.8, 4) is 23.0 Å². The molecule has 0 aromatic heterocycles. The summed E-state index contributed by atoms with van der Waals surface area (Å²) in [6.45, 7) is 12.5. The second kappa shape index (κ2) is 23.0. The van der Waals surface area contributed by atoms with Gasteiger partial charge in [0, 0.05) is 6.61 Å². The summed E-state index contributed by atoms with van der Waals surface area (Å²) in [5.74, 6) is 2.70. The molecule has 2 aromatic rings. The zero-order chi connectivity index (χ0) is 29.4. The predicted octanol–water partition coefficient (Wildman–Crippen LogP) is 4.00. The van der Waals surface area contributed by atoms with Gasteiger partial charge in [0.1, 0.15) is 26.4 Å². The number of rotatable bonds is 26. The zero-order valence-corrected chi connectivity index (χ0v) is 24.9. The van der Waals surface area contributed by atoms with Crippen molar-refractivity contribution in [3.63, 3.8) is 0 Å². The van der Waals surface area contributed by atoms with E-state index in [4.69, 9.17) is 47.7 Å². The maximum Gasteiger partial charge on any atom is 0.164 e. The third-order valence-electron chi connectivity index (χ3n) is 5.60. The molecule has 0 heterocycles. The van der Waals surface area contributed by atoms with Crippen molar-refractivity contribution < 1.29 is 47.7 Å². The van der Waals surface area contributed by atoms with Crippen LogP contribution in [0.15, 0.2) is 36.4 Å². The molecule has 0 saturated carbocycles. The maximum absolute atomic E-state index is 9.00. The summed E-state index contributed by atoms with van der Waals surface area (Å²) < 4.78 is 50.8. The van der Waals surface area contributed by atoms with E-state index in [1.807, 2.05) is 50.2 Å². The van der Waals surface area contributed by atoms with Gasteiger partial charge in [-0.15, -0.1) is 0 Å². The summed E-state index contributed by atoms with van der Waals surface area (Å²) in [6, 6.07) is 11.5. The summed E-state index contributed by atoms with van der Waals surface area (Å²) in [4.78, 5) is 0. The zero-order valence-electron chi connectivity index (χ0n) is 24.9. The summed E-state index contributed by atoms with van der Waals surface area (Å²) in [7, 11) is 0. The van der Waals surface area contributed by atoms with E-state index < -0.39 is 0 Å². The van der Waals surface area contributed by atoms with Crippen LogP contribution in [0, 0.1) is 13.8 Å². The molecule has 0 bridgehead atoms. The molecule has 41 heavy (non-hydrogen) atoms. The Labute approximate surface area is 244 Å². The first-order chi connectivity index (χ1) is 20.2. The van der Waals surface area contributed by atoms with Gasteiger partial charge in [0.25, 0.3) is 0 Å². The van der Waals surface area contributed by atoms with Crippen LogP contribution < -0.4 is 18.9 Å². The van der Waals surface area contributed by atoms with Crippen molar-refractivity contribution in [1.82, 2.24) is 0 Å². The highest BCUT2D eigenvalue weighted by atomic mass is 16.6. The van der Waals surface area contributed by atoms with Crippen molar-refractivity contribution in [1.29, 1.82) is 0 Å². The minimum absolute atomic E-state index is 0.0491. The van der Waals surface area contributed by atoms with Crippen LogP contribution in [0.3, 0.4) is 0 Å². The monoisotopic (exact) mass is 580 g/mol. The van der Waals surface area contributed by atoms with E-state index in [1.165, 1.54) is 0 Å². The molecule has 0 aliphatic carbocycles. The van der Waals surface area contributed by atoms with Crippen LogP contribution in [0.2, 0.25) is 0 Å². The molecule has 0 amide bonds. The summed E-state index contributed by atoms with van der Waals surface area (Å²) in [5, 5.41) is 9.00. The van der Waals surface area contributed by atoms with Crippen molar-refractivity contribution in [2.75, 3.05) is 99.1 Å². The van der Waals surface area contributed by atoms with E-state index in [0.717, 1.165) is 29.9 Å². The van der Waals surface area contributed by atoms with Gasteiger partial charge in [0.2, 0.25) is 0 Å². The molecule has 2 rings (SSSR count). The van der Waals surface area contributed by atoms with Crippen LogP contribution >= 0.6 is 0 Å². The van der Waals surface area contributed by atoms with Crippen LogP contribution in [-0.2, 0) is 23.7 Å². The summed E-state index contributed by atoms with van der Waals surface area (Å²) in [5.41, 5.74) is 1.95. The fraction of sp³-hybridized carbons (Fsp3) is 0.613. The highest BCUT2D eigenvalue weighted by molar-refractivity contribution is 5.46. The van der Waals surface area contributed by atoms with Crippen LogP contribution in [-0.4, -0.2) is 104 Å². The topological polar surface area (TPSA) is 103 Å². The second-order valence-electron chi connectivity index (χ2n) is 8.98. The highest BCUT2D eigenvalue weighted by Crippen LogP contribution is 2.31. The lowest BCUT2D eigenvalue weighted by atomic mass is 10.2. The van der Waals surface area contributed by atoms with E-state index in [0.29, 0.717) is 96.5 Å². The van der Waals surface area contributed by atoms with Gasteiger partial charge in [0.15, 0.2) is 23.0 Å². The summed E-state index contributed by atoms with van der Waals surface area (Å²) >= 11 is 0. The molecule has 232 valence electrons. The molecule has 0 saturated heterocycles. The Bertz CT molecular complexity index is 924. The van der Waals surface area contributed by atoms with Gasteiger partial charge < -0.3 is 47.7 Å². The molecule has 0 spiro atoms. The van der Waals surface area contributed by atoms with Crippen LogP contribution in [0.25, 0.3) is 0 Å². The molecular weight excluding hydrogens is 532 g/mol. The Morgan fingerprint density at radius 2 is 0.829 bits per heavy atom. The van der Waals surface area contributed by atoms with Crippen LogP contribution in [0.1, 0.15) is 24.5 Å². The quantitative estimate of drug-likeness (QED) is 0.164. The molecule has 0 unspecified atom stereocenters. The summed E-state index contributed by atoms with van der Waals surface area (Å²) in [6.07, 6.45) is 1.01. The first-order valence-electron chi connectivity index (χ1n) is 14.4. The molecule has 2 aromatic carbocycles. The van der Waals surface area contributed by atoms with Crippen LogP contribution in [0.5, 0.6) is 23.0 Å². The minimum atomic E-state index is -0.0491. The minimum Gasteiger partial charge on any atom is -0.487 e. The highest BCUT2D eigenvalue weighted by Gasteiger charge is 2.09. The molecule has 0 aliphatic heterocycles. The predicted molar refractivity (Wildman–Crippen MR) is 156 cm³/mol. The molecule has 0 aliphatic rings. The average Bonchev–Trinajstić information content (AvgIpc) is 2.97. The Kier molecular flexibility index (Phi) is 19.4. The Morgan fingerprint density at radius 3 is 1.24 bits per heavy atom. The normalized spacial score (nSPS) is 11.0. The number of aryl methyl sites for hydroxylation is 2. The van der Waals surface area contributed by atoms with E-state index in [2.05, 4.69) is 6.92 Å². The number of aliphatic hydroxyl groups is 1. The lowest BCUT2D eigenvalue weighted by Gasteiger charge is -2.15. The van der Waals surface area contributed by atoms with Crippen molar-refractivity contribution in [2.24, 2.45) is 0 Å². The second-order valence-corrected chi connectivity index (χ2v) is 8.98. The van der Waals surface area contributed by atoms with Gasteiger partial charge in [-0.1, -0.05) is 31.2 Å². The van der Waals surface area contributed by atoms with E-state index >= 15 is 0 Å². The van der Waals surface area contributed by atoms with Crippen molar-refractivity contribution in [3.05, 3.63) is 47.5 Å². The number of hydrogen-bond acceptors (Lipinski definition) is 10. The number of ether oxygens (including phenoxy) is 9. The SMILES string of the molecule is CCCOCCOCCOc1cccc(C)c1OCCOCCOCCOCCOc1cccc(C)c1OCCO. The first-order valence-corrected chi connectivity index (χ1v) is 14.4. The lowest BCUT2D eigenvalue weighted by molar-refractivity contribution is 0.00460. The third kappa shape index (κ3) is 15.3. The molecule has 0 radical (unpaired) electrons. The molecule has 10 nitrogen and oxygen atoms in total. The molecule has 0 fully saturated rings. The maximum atomic E-state index is 9.00. The molecule has 1 N–H and O–H groups in total. The molecule has 10 heteroatoms. The van der Waals surface area contributed by atoms with Gasteiger partial charge in [0.05, 0.1) is 66.1 Å². The van der Waals surface area contributed by atoms with Gasteiger partial charge in [-0.2, -0.15) is 0 Å². The lowest BCUT2D eigenvalue weighted by Crippen LogP contribution is -2.15.